The summed E-state index contributed by atoms with van der Waals surface area (Å²) in [5.74, 6) is -0.649. The Morgan fingerprint density at radius 3 is 2.35 bits per heavy atom. The lowest BCUT2D eigenvalue weighted by molar-refractivity contribution is 0.0706. The van der Waals surface area contributed by atoms with Gasteiger partial charge in [-0.05, 0) is 35.7 Å². The summed E-state index contributed by atoms with van der Waals surface area (Å²) < 4.78 is 0.970. The molecule has 1 heterocycles. The average molecular weight is 369 g/mol. The Bertz CT molecular complexity index is 902. The highest BCUT2D eigenvalue weighted by Crippen LogP contribution is 2.25. The number of benzene rings is 2. The largest absolute Gasteiger partial charge is 0.343 e. The molecule has 6 nitrogen and oxygen atoms in total. The maximum Gasteiger partial charge on any atom is 0.280 e. The van der Waals surface area contributed by atoms with E-state index in [1.165, 1.54) is 11.3 Å². The summed E-state index contributed by atoms with van der Waals surface area (Å²) in [6, 6.07) is 14.2. The van der Waals surface area contributed by atoms with Gasteiger partial charge in [-0.2, -0.15) is 0 Å². The summed E-state index contributed by atoms with van der Waals surface area (Å²) in [7, 11) is 0. The standard InChI is InChI=1S/C19H19N3O3S/c1-11(2)16(12-7-9-13(10-8-12)17(23)22-25)21-18(24)19-20-14-5-3-4-6-15(14)26-19/h3-11,16,25H,1-2H3,(H,21,24)(H,22,23). The average Bonchev–Trinajstić information content (AvgIpc) is 3.09. The molecule has 3 aromatic rings. The number of hydroxylamine groups is 1. The lowest BCUT2D eigenvalue weighted by Gasteiger charge is -2.22. The summed E-state index contributed by atoms with van der Waals surface area (Å²) in [5.41, 5.74) is 3.63. The van der Waals surface area contributed by atoms with Gasteiger partial charge in [0.1, 0.15) is 0 Å². The third kappa shape index (κ3) is 3.74. The number of hydrogen-bond acceptors (Lipinski definition) is 5. The Morgan fingerprint density at radius 1 is 1.04 bits per heavy atom. The summed E-state index contributed by atoms with van der Waals surface area (Å²) in [6.45, 7) is 4.02. The third-order valence-electron chi connectivity index (χ3n) is 4.07. The number of carbonyl (C=O) groups is 2. The number of amides is 2. The van der Waals surface area contributed by atoms with Gasteiger partial charge in [0.25, 0.3) is 11.8 Å². The van der Waals surface area contributed by atoms with Gasteiger partial charge in [0.15, 0.2) is 5.01 Å². The zero-order chi connectivity index (χ0) is 18.7. The Kier molecular flexibility index (Phi) is 5.29. The molecule has 26 heavy (non-hydrogen) atoms. The van der Waals surface area contributed by atoms with Crippen LogP contribution in [0.3, 0.4) is 0 Å². The number of thiazole rings is 1. The first-order chi connectivity index (χ1) is 12.5. The van der Waals surface area contributed by atoms with Crippen molar-refractivity contribution in [1.82, 2.24) is 15.8 Å². The maximum atomic E-state index is 12.7. The van der Waals surface area contributed by atoms with Gasteiger partial charge in [0, 0.05) is 5.56 Å². The fourth-order valence-corrected chi connectivity index (χ4v) is 3.58. The first-order valence-corrected chi connectivity index (χ1v) is 9.02. The van der Waals surface area contributed by atoms with Crippen LogP contribution in [0, 0.1) is 5.92 Å². The molecule has 3 N–H and O–H groups in total. The molecular formula is C19H19N3O3S. The molecule has 0 fully saturated rings. The Labute approximate surface area is 154 Å². The van der Waals surface area contributed by atoms with Crippen molar-refractivity contribution in [2.45, 2.75) is 19.9 Å². The van der Waals surface area contributed by atoms with E-state index < -0.39 is 5.91 Å². The first-order valence-electron chi connectivity index (χ1n) is 8.20. The minimum atomic E-state index is -0.573. The van der Waals surface area contributed by atoms with Crippen LogP contribution in [0.5, 0.6) is 0 Å². The molecule has 0 spiro atoms. The number of nitrogens with zero attached hydrogens (tertiary/aromatic N) is 1. The van der Waals surface area contributed by atoms with Gasteiger partial charge >= 0.3 is 0 Å². The van der Waals surface area contributed by atoms with Crippen LogP contribution in [-0.2, 0) is 0 Å². The van der Waals surface area contributed by atoms with Crippen molar-refractivity contribution in [3.8, 4) is 0 Å². The van der Waals surface area contributed by atoms with Crippen molar-refractivity contribution in [2.75, 3.05) is 0 Å². The lowest BCUT2D eigenvalue weighted by Crippen LogP contribution is -2.31. The molecule has 0 aliphatic heterocycles. The van der Waals surface area contributed by atoms with Gasteiger partial charge in [-0.3, -0.25) is 14.8 Å². The molecule has 1 aromatic heterocycles. The van der Waals surface area contributed by atoms with Crippen LogP contribution >= 0.6 is 11.3 Å². The highest BCUT2D eigenvalue weighted by atomic mass is 32.1. The number of hydrogen-bond donors (Lipinski definition) is 3. The SMILES string of the molecule is CC(C)C(NC(=O)c1nc2ccccc2s1)c1ccc(C(=O)NO)cc1. The van der Waals surface area contributed by atoms with Gasteiger partial charge in [-0.1, -0.05) is 38.1 Å². The first kappa shape index (κ1) is 18.0. The van der Waals surface area contributed by atoms with Crippen molar-refractivity contribution in [3.63, 3.8) is 0 Å². The number of rotatable bonds is 5. The molecule has 134 valence electrons. The predicted octanol–water partition coefficient (Wildman–Crippen LogP) is 3.54. The van der Waals surface area contributed by atoms with Crippen molar-refractivity contribution in [1.29, 1.82) is 0 Å². The number of para-hydroxylation sites is 1. The Balaban J connectivity index is 1.81. The minimum Gasteiger partial charge on any atom is -0.343 e. The van der Waals surface area contributed by atoms with E-state index in [1.54, 1.807) is 29.7 Å². The second-order valence-corrected chi connectivity index (χ2v) is 7.28. The smallest absolute Gasteiger partial charge is 0.280 e. The van der Waals surface area contributed by atoms with Crippen LogP contribution < -0.4 is 10.8 Å². The molecule has 2 aromatic carbocycles. The zero-order valence-corrected chi connectivity index (χ0v) is 15.2. The highest BCUT2D eigenvalue weighted by molar-refractivity contribution is 7.20. The highest BCUT2D eigenvalue weighted by Gasteiger charge is 2.21. The minimum absolute atomic E-state index is 0.144. The molecule has 0 saturated heterocycles. The quantitative estimate of drug-likeness (QED) is 0.474. The number of fused-ring (bicyclic) bond motifs is 1. The van der Waals surface area contributed by atoms with Gasteiger partial charge < -0.3 is 5.32 Å². The predicted molar refractivity (Wildman–Crippen MR) is 100 cm³/mol. The van der Waals surface area contributed by atoms with E-state index in [4.69, 9.17) is 5.21 Å². The molecule has 0 aliphatic carbocycles. The second kappa shape index (κ2) is 7.63. The van der Waals surface area contributed by atoms with E-state index in [0.717, 1.165) is 15.8 Å². The van der Waals surface area contributed by atoms with Crippen LogP contribution in [-0.4, -0.2) is 22.0 Å². The van der Waals surface area contributed by atoms with E-state index in [-0.39, 0.29) is 17.9 Å². The Hall–Kier alpha value is -2.77. The van der Waals surface area contributed by atoms with Crippen LogP contribution in [0.2, 0.25) is 0 Å². The van der Waals surface area contributed by atoms with E-state index >= 15 is 0 Å². The van der Waals surface area contributed by atoms with Crippen LogP contribution in [0.4, 0.5) is 0 Å². The summed E-state index contributed by atoms with van der Waals surface area (Å²) >= 11 is 1.36. The van der Waals surface area contributed by atoms with Gasteiger partial charge in [0.2, 0.25) is 0 Å². The van der Waals surface area contributed by atoms with Crippen molar-refractivity contribution in [2.24, 2.45) is 5.92 Å². The van der Waals surface area contributed by atoms with Crippen molar-refractivity contribution < 1.29 is 14.8 Å². The molecule has 1 atom stereocenters. The van der Waals surface area contributed by atoms with E-state index in [9.17, 15) is 9.59 Å². The third-order valence-corrected chi connectivity index (χ3v) is 5.11. The fraction of sp³-hybridized carbons (Fsp3) is 0.211. The van der Waals surface area contributed by atoms with E-state index in [0.29, 0.717) is 10.6 Å². The van der Waals surface area contributed by atoms with Gasteiger partial charge in [-0.15, -0.1) is 11.3 Å². The molecule has 0 bridgehead atoms. The normalized spacial score (nSPS) is 12.2. The number of aromatic nitrogens is 1. The fourth-order valence-electron chi connectivity index (χ4n) is 2.71. The molecular weight excluding hydrogens is 350 g/mol. The lowest BCUT2D eigenvalue weighted by atomic mass is 9.95. The topological polar surface area (TPSA) is 91.3 Å². The summed E-state index contributed by atoms with van der Waals surface area (Å²) in [5, 5.41) is 12.2. The number of carbonyl (C=O) groups excluding carboxylic acids is 2. The van der Waals surface area contributed by atoms with E-state index in [2.05, 4.69) is 10.3 Å². The monoisotopic (exact) mass is 369 g/mol. The molecule has 0 aliphatic rings. The summed E-state index contributed by atoms with van der Waals surface area (Å²) in [4.78, 5) is 28.5. The zero-order valence-electron chi connectivity index (χ0n) is 14.4. The van der Waals surface area contributed by atoms with E-state index in [1.807, 2.05) is 38.1 Å². The van der Waals surface area contributed by atoms with Crippen molar-refractivity contribution in [3.05, 3.63) is 64.7 Å². The Morgan fingerprint density at radius 2 is 1.73 bits per heavy atom. The molecule has 2 amide bonds. The number of nitrogens with one attached hydrogen (secondary N) is 2. The maximum absolute atomic E-state index is 12.7. The van der Waals surface area contributed by atoms with Gasteiger partial charge in [0.05, 0.1) is 16.3 Å². The molecule has 0 radical (unpaired) electrons. The van der Waals surface area contributed by atoms with Crippen LogP contribution in [0.25, 0.3) is 10.2 Å². The van der Waals surface area contributed by atoms with Crippen molar-refractivity contribution >= 4 is 33.4 Å². The molecule has 3 rings (SSSR count). The van der Waals surface area contributed by atoms with Crippen LogP contribution in [0.1, 0.15) is 45.6 Å². The molecule has 0 saturated carbocycles. The van der Waals surface area contributed by atoms with Crippen LogP contribution in [0.15, 0.2) is 48.5 Å². The molecule has 1 unspecified atom stereocenters. The second-order valence-electron chi connectivity index (χ2n) is 6.24. The molecule has 7 heteroatoms. The van der Waals surface area contributed by atoms with Gasteiger partial charge in [-0.25, -0.2) is 10.5 Å². The summed E-state index contributed by atoms with van der Waals surface area (Å²) in [6.07, 6.45) is 0.